The molecule has 0 unspecified atom stereocenters. The van der Waals surface area contributed by atoms with E-state index in [1.54, 1.807) is 0 Å². The van der Waals surface area contributed by atoms with Gasteiger partial charge in [-0.3, -0.25) is 0 Å². The summed E-state index contributed by atoms with van der Waals surface area (Å²) in [7, 11) is 0. The maximum atomic E-state index is 10.6. The maximum Gasteiger partial charge on any atom is 0.0604 e. The first-order chi connectivity index (χ1) is 7.80. The van der Waals surface area contributed by atoms with Gasteiger partial charge in [-0.1, -0.05) is 20.8 Å². The molecule has 3 fully saturated rings. The Kier molecular flexibility index (Phi) is 2.30. The van der Waals surface area contributed by atoms with Crippen molar-refractivity contribution in [1.29, 1.82) is 0 Å². The van der Waals surface area contributed by atoms with Crippen LogP contribution in [0.5, 0.6) is 0 Å². The number of fused-ring (bicyclic) bond motifs is 1. The van der Waals surface area contributed by atoms with Crippen LogP contribution in [0, 0.1) is 22.2 Å². The molecule has 2 bridgehead atoms. The Morgan fingerprint density at radius 2 is 1.65 bits per heavy atom. The summed E-state index contributed by atoms with van der Waals surface area (Å²) < 4.78 is 0. The van der Waals surface area contributed by atoms with Crippen LogP contribution in [0.4, 0.5) is 0 Å². The van der Waals surface area contributed by atoms with Crippen molar-refractivity contribution < 1.29 is 10.2 Å². The Morgan fingerprint density at radius 1 is 0.941 bits per heavy atom. The summed E-state index contributed by atoms with van der Waals surface area (Å²) in [6.07, 6.45) is 5.94. The van der Waals surface area contributed by atoms with Gasteiger partial charge in [0.05, 0.1) is 12.2 Å². The molecule has 0 aliphatic heterocycles. The summed E-state index contributed by atoms with van der Waals surface area (Å²) in [5.74, 6) is 0.658. The minimum absolute atomic E-state index is 0.0656. The molecule has 2 nitrogen and oxygen atoms in total. The molecular formula is C15H26O2. The lowest BCUT2D eigenvalue weighted by Crippen LogP contribution is -2.54. The molecule has 2 heteroatoms. The van der Waals surface area contributed by atoms with Crippen LogP contribution in [0.1, 0.15) is 59.3 Å². The normalized spacial score (nSPS) is 56.6. The van der Waals surface area contributed by atoms with E-state index in [-0.39, 0.29) is 28.5 Å². The van der Waals surface area contributed by atoms with Gasteiger partial charge in [0.15, 0.2) is 0 Å². The molecule has 3 rings (SSSR count). The smallest absolute Gasteiger partial charge is 0.0604 e. The summed E-state index contributed by atoms with van der Waals surface area (Å²) in [4.78, 5) is 0. The fourth-order valence-corrected chi connectivity index (χ4v) is 5.56. The zero-order chi connectivity index (χ0) is 12.5. The first kappa shape index (κ1) is 12.0. The molecule has 0 aromatic carbocycles. The summed E-state index contributed by atoms with van der Waals surface area (Å²) in [6, 6.07) is 0. The highest BCUT2D eigenvalue weighted by molar-refractivity contribution is 5.14. The quantitative estimate of drug-likeness (QED) is 0.681. The minimum atomic E-state index is -0.148. The van der Waals surface area contributed by atoms with Gasteiger partial charge in [0.2, 0.25) is 0 Å². The third kappa shape index (κ3) is 1.40. The van der Waals surface area contributed by atoms with E-state index in [2.05, 4.69) is 20.8 Å². The minimum Gasteiger partial charge on any atom is -0.393 e. The van der Waals surface area contributed by atoms with Gasteiger partial charge in [-0.25, -0.2) is 0 Å². The first-order valence-electron chi connectivity index (χ1n) is 7.16. The SMILES string of the molecule is CC1(C)C[C@@H](O)[C@]23CC[C@H](O)[C@](C)(CC[C@@H]12)C3. The number of rotatable bonds is 0. The van der Waals surface area contributed by atoms with Gasteiger partial charge in [-0.05, 0) is 55.3 Å². The lowest BCUT2D eigenvalue weighted by molar-refractivity contribution is -0.144. The fourth-order valence-electron chi connectivity index (χ4n) is 5.56. The zero-order valence-corrected chi connectivity index (χ0v) is 11.4. The maximum absolute atomic E-state index is 10.6. The Bertz CT molecular complexity index is 338. The van der Waals surface area contributed by atoms with E-state index in [0.29, 0.717) is 5.92 Å². The molecule has 0 saturated heterocycles. The molecule has 17 heavy (non-hydrogen) atoms. The molecule has 0 amide bonds. The van der Waals surface area contributed by atoms with Crippen molar-refractivity contribution in [2.24, 2.45) is 22.2 Å². The largest absolute Gasteiger partial charge is 0.393 e. The second kappa shape index (κ2) is 3.27. The molecule has 3 saturated carbocycles. The highest BCUT2D eigenvalue weighted by atomic mass is 16.3. The van der Waals surface area contributed by atoms with Crippen molar-refractivity contribution >= 4 is 0 Å². The van der Waals surface area contributed by atoms with E-state index < -0.39 is 0 Å². The molecule has 3 aliphatic carbocycles. The monoisotopic (exact) mass is 238 g/mol. The second-order valence-electron chi connectivity index (χ2n) is 7.92. The fraction of sp³-hybridized carbons (Fsp3) is 1.00. The third-order valence-electron chi connectivity index (χ3n) is 6.45. The lowest BCUT2D eigenvalue weighted by atomic mass is 9.49. The van der Waals surface area contributed by atoms with Crippen LogP contribution in [-0.4, -0.2) is 22.4 Å². The predicted octanol–water partition coefficient (Wildman–Crippen LogP) is 2.72. The van der Waals surface area contributed by atoms with Crippen molar-refractivity contribution in [3.8, 4) is 0 Å². The van der Waals surface area contributed by atoms with Crippen LogP contribution >= 0.6 is 0 Å². The van der Waals surface area contributed by atoms with Crippen molar-refractivity contribution in [3.05, 3.63) is 0 Å². The standard InChI is InChI=1S/C15H26O2/c1-13(2)8-12(17)15-7-5-11(16)14(3,9-15)6-4-10(13)15/h10-12,16-17H,4-9H2,1-3H3/t10-,11-,12+,14+,15-/m0/s1. The summed E-state index contributed by atoms with van der Waals surface area (Å²) >= 11 is 0. The van der Waals surface area contributed by atoms with E-state index in [4.69, 9.17) is 0 Å². The number of aliphatic hydroxyl groups is 2. The number of hydrogen-bond donors (Lipinski definition) is 2. The Morgan fingerprint density at radius 3 is 2.35 bits per heavy atom. The van der Waals surface area contributed by atoms with Gasteiger partial charge >= 0.3 is 0 Å². The van der Waals surface area contributed by atoms with Crippen LogP contribution in [-0.2, 0) is 0 Å². The van der Waals surface area contributed by atoms with E-state index in [1.807, 2.05) is 0 Å². The molecule has 0 aromatic rings. The number of aliphatic hydroxyl groups excluding tert-OH is 2. The number of hydrogen-bond acceptors (Lipinski definition) is 2. The predicted molar refractivity (Wildman–Crippen MR) is 67.5 cm³/mol. The van der Waals surface area contributed by atoms with Crippen LogP contribution < -0.4 is 0 Å². The Balaban J connectivity index is 2.00. The zero-order valence-electron chi connectivity index (χ0n) is 11.4. The summed E-state index contributed by atoms with van der Waals surface area (Å²) in [5, 5.41) is 20.8. The molecule has 0 heterocycles. The van der Waals surface area contributed by atoms with Crippen molar-refractivity contribution in [1.82, 2.24) is 0 Å². The topological polar surface area (TPSA) is 40.5 Å². The second-order valence-corrected chi connectivity index (χ2v) is 7.92. The van der Waals surface area contributed by atoms with Gasteiger partial charge in [0.1, 0.15) is 0 Å². The van der Waals surface area contributed by atoms with Crippen molar-refractivity contribution in [2.45, 2.75) is 71.5 Å². The van der Waals surface area contributed by atoms with Crippen LogP contribution in [0.2, 0.25) is 0 Å². The molecule has 0 radical (unpaired) electrons. The van der Waals surface area contributed by atoms with Gasteiger partial charge in [-0.2, -0.15) is 0 Å². The first-order valence-corrected chi connectivity index (χ1v) is 7.16. The van der Waals surface area contributed by atoms with E-state index in [0.717, 1.165) is 32.1 Å². The molecule has 1 spiro atoms. The van der Waals surface area contributed by atoms with Gasteiger partial charge in [0, 0.05) is 5.41 Å². The van der Waals surface area contributed by atoms with Crippen molar-refractivity contribution in [3.63, 3.8) is 0 Å². The van der Waals surface area contributed by atoms with Gasteiger partial charge in [-0.15, -0.1) is 0 Å². The Hall–Kier alpha value is -0.0800. The van der Waals surface area contributed by atoms with Gasteiger partial charge in [0.25, 0.3) is 0 Å². The molecule has 2 N–H and O–H groups in total. The molecular weight excluding hydrogens is 212 g/mol. The van der Waals surface area contributed by atoms with Crippen LogP contribution in [0.25, 0.3) is 0 Å². The summed E-state index contributed by atoms with van der Waals surface area (Å²) in [6.45, 7) is 6.87. The molecule has 98 valence electrons. The van der Waals surface area contributed by atoms with Crippen LogP contribution in [0.15, 0.2) is 0 Å². The Labute approximate surface area is 104 Å². The van der Waals surface area contributed by atoms with E-state index in [1.165, 1.54) is 6.42 Å². The molecule has 5 atom stereocenters. The van der Waals surface area contributed by atoms with Gasteiger partial charge < -0.3 is 10.2 Å². The van der Waals surface area contributed by atoms with E-state index >= 15 is 0 Å². The average Bonchev–Trinajstić information content (AvgIpc) is 2.41. The molecule has 3 aliphatic rings. The van der Waals surface area contributed by atoms with Crippen molar-refractivity contribution in [2.75, 3.05) is 0 Å². The van der Waals surface area contributed by atoms with Crippen LogP contribution in [0.3, 0.4) is 0 Å². The average molecular weight is 238 g/mol. The van der Waals surface area contributed by atoms with E-state index in [9.17, 15) is 10.2 Å². The lowest BCUT2D eigenvalue weighted by Gasteiger charge is -2.57. The third-order valence-corrected chi connectivity index (χ3v) is 6.45. The highest BCUT2D eigenvalue weighted by Gasteiger charge is 2.64. The molecule has 0 aromatic heterocycles. The summed E-state index contributed by atoms with van der Waals surface area (Å²) in [5.41, 5.74) is 0.467. The highest BCUT2D eigenvalue weighted by Crippen LogP contribution is 2.68.